The minimum Gasteiger partial charge on any atom is -0.478 e. The fourth-order valence-corrected chi connectivity index (χ4v) is 3.64. The van der Waals surface area contributed by atoms with Gasteiger partial charge < -0.3 is 10.0 Å². The van der Waals surface area contributed by atoms with E-state index in [-0.39, 0.29) is 5.56 Å². The Balaban J connectivity index is 1.58. The molecule has 2 aliphatic heterocycles. The number of nitrogens with one attached hydrogen (secondary N) is 2. The lowest BCUT2D eigenvalue weighted by Crippen LogP contribution is -2.44. The fraction of sp³-hybridized carbons (Fsp3) is 0.625. The van der Waals surface area contributed by atoms with Crippen molar-refractivity contribution in [1.29, 1.82) is 0 Å². The van der Waals surface area contributed by atoms with Crippen molar-refractivity contribution in [3.63, 3.8) is 0 Å². The van der Waals surface area contributed by atoms with Crippen LogP contribution < -0.4 is 15.8 Å². The average molecular weight is 304 g/mol. The van der Waals surface area contributed by atoms with Crippen molar-refractivity contribution < 1.29 is 9.90 Å². The third-order valence-corrected chi connectivity index (χ3v) is 5.03. The molecule has 2 unspecified atom stereocenters. The van der Waals surface area contributed by atoms with Gasteiger partial charge in [0.1, 0.15) is 5.82 Å². The number of anilines is 1. The number of carboxylic acids is 1. The average Bonchev–Trinajstić information content (AvgIpc) is 3.04. The molecular weight excluding hydrogens is 280 g/mol. The summed E-state index contributed by atoms with van der Waals surface area (Å²) in [6, 6.07) is 4.02. The van der Waals surface area contributed by atoms with E-state index >= 15 is 0 Å². The van der Waals surface area contributed by atoms with Gasteiger partial charge in [-0.15, -0.1) is 0 Å². The van der Waals surface area contributed by atoms with E-state index in [0.29, 0.717) is 12.0 Å². The van der Waals surface area contributed by atoms with Crippen LogP contribution in [0.25, 0.3) is 0 Å². The molecule has 1 aromatic heterocycles. The van der Waals surface area contributed by atoms with E-state index in [2.05, 4.69) is 27.7 Å². The van der Waals surface area contributed by atoms with Crippen LogP contribution in [-0.2, 0) is 0 Å². The molecule has 3 rings (SSSR count). The molecule has 0 bridgehead atoms. The molecule has 2 aliphatic rings. The van der Waals surface area contributed by atoms with Gasteiger partial charge in [-0.3, -0.25) is 10.9 Å². The molecule has 3 N–H and O–H groups in total. The smallest absolute Gasteiger partial charge is 0.337 e. The summed E-state index contributed by atoms with van der Waals surface area (Å²) < 4.78 is 0. The van der Waals surface area contributed by atoms with Crippen LogP contribution in [0.5, 0.6) is 0 Å². The largest absolute Gasteiger partial charge is 0.478 e. The molecule has 0 spiro atoms. The lowest BCUT2D eigenvalue weighted by Gasteiger charge is -2.36. The van der Waals surface area contributed by atoms with Crippen LogP contribution in [-0.4, -0.2) is 41.7 Å². The van der Waals surface area contributed by atoms with Crippen LogP contribution in [0.15, 0.2) is 18.3 Å². The maximum atomic E-state index is 10.9. The molecule has 2 atom stereocenters. The summed E-state index contributed by atoms with van der Waals surface area (Å²) in [5, 5.41) is 8.92. The van der Waals surface area contributed by atoms with E-state index in [1.54, 1.807) is 6.07 Å². The van der Waals surface area contributed by atoms with Crippen LogP contribution in [0.3, 0.4) is 0 Å². The van der Waals surface area contributed by atoms with Crippen LogP contribution in [0, 0.1) is 11.8 Å². The van der Waals surface area contributed by atoms with E-state index < -0.39 is 5.97 Å². The zero-order valence-electron chi connectivity index (χ0n) is 13.0. The van der Waals surface area contributed by atoms with Gasteiger partial charge in [-0.1, -0.05) is 13.3 Å². The SMILES string of the molecule is CCC1CNNC1C1CCN(c2ccc(C(=O)O)cn2)CC1. The molecule has 0 amide bonds. The highest BCUT2D eigenvalue weighted by Crippen LogP contribution is 2.29. The Labute approximate surface area is 130 Å². The third-order valence-electron chi connectivity index (χ3n) is 5.03. The second kappa shape index (κ2) is 6.62. The molecule has 0 aliphatic carbocycles. The number of aromatic carboxylic acids is 1. The number of aromatic nitrogens is 1. The lowest BCUT2D eigenvalue weighted by atomic mass is 9.82. The summed E-state index contributed by atoms with van der Waals surface area (Å²) in [6.45, 7) is 5.30. The molecule has 0 radical (unpaired) electrons. The second-order valence-corrected chi connectivity index (χ2v) is 6.25. The molecule has 120 valence electrons. The highest BCUT2D eigenvalue weighted by Gasteiger charge is 2.34. The number of nitrogens with zero attached hydrogens (tertiary/aromatic N) is 2. The van der Waals surface area contributed by atoms with Crippen LogP contribution in [0.1, 0.15) is 36.5 Å². The highest BCUT2D eigenvalue weighted by molar-refractivity contribution is 5.87. The minimum atomic E-state index is -0.928. The summed E-state index contributed by atoms with van der Waals surface area (Å²) >= 11 is 0. The summed E-state index contributed by atoms with van der Waals surface area (Å²) in [5.74, 6) is 1.38. The monoisotopic (exact) mass is 304 g/mol. The first-order valence-electron chi connectivity index (χ1n) is 8.11. The molecule has 2 saturated heterocycles. The first kappa shape index (κ1) is 15.2. The number of piperidine rings is 1. The van der Waals surface area contributed by atoms with Crippen LogP contribution in [0.4, 0.5) is 5.82 Å². The summed E-state index contributed by atoms with van der Waals surface area (Å²) in [5.41, 5.74) is 6.99. The van der Waals surface area contributed by atoms with Gasteiger partial charge in [0, 0.05) is 31.9 Å². The zero-order chi connectivity index (χ0) is 15.5. The molecule has 1 aromatic rings. The minimum absolute atomic E-state index is 0.241. The molecule has 6 nitrogen and oxygen atoms in total. The van der Waals surface area contributed by atoms with Crippen molar-refractivity contribution in [1.82, 2.24) is 15.8 Å². The van der Waals surface area contributed by atoms with E-state index in [9.17, 15) is 4.79 Å². The Morgan fingerprint density at radius 3 is 2.77 bits per heavy atom. The Hall–Kier alpha value is -1.66. The Bertz CT molecular complexity index is 511. The third kappa shape index (κ3) is 3.08. The highest BCUT2D eigenvalue weighted by atomic mass is 16.4. The van der Waals surface area contributed by atoms with Crippen molar-refractivity contribution in [3.8, 4) is 0 Å². The van der Waals surface area contributed by atoms with Crippen molar-refractivity contribution in [2.75, 3.05) is 24.5 Å². The Kier molecular flexibility index (Phi) is 4.59. The maximum absolute atomic E-state index is 10.9. The first-order chi connectivity index (χ1) is 10.7. The van der Waals surface area contributed by atoms with Gasteiger partial charge in [-0.25, -0.2) is 9.78 Å². The predicted molar refractivity (Wildman–Crippen MR) is 84.8 cm³/mol. The Morgan fingerprint density at radius 2 is 2.18 bits per heavy atom. The zero-order valence-corrected chi connectivity index (χ0v) is 13.0. The molecule has 0 saturated carbocycles. The van der Waals surface area contributed by atoms with Gasteiger partial charge in [-0.05, 0) is 36.8 Å². The van der Waals surface area contributed by atoms with Gasteiger partial charge >= 0.3 is 5.97 Å². The van der Waals surface area contributed by atoms with Gasteiger partial charge in [-0.2, -0.15) is 0 Å². The predicted octanol–water partition coefficient (Wildman–Crippen LogP) is 1.50. The number of rotatable bonds is 4. The van der Waals surface area contributed by atoms with Crippen LogP contribution >= 0.6 is 0 Å². The number of carbonyl (C=O) groups is 1. The topological polar surface area (TPSA) is 77.5 Å². The molecule has 6 heteroatoms. The van der Waals surface area contributed by atoms with E-state index in [1.165, 1.54) is 12.6 Å². The van der Waals surface area contributed by atoms with Crippen molar-refractivity contribution in [2.24, 2.45) is 11.8 Å². The van der Waals surface area contributed by atoms with Gasteiger partial charge in [0.15, 0.2) is 0 Å². The summed E-state index contributed by atoms with van der Waals surface area (Å²) in [6.07, 6.45) is 4.96. The first-order valence-corrected chi connectivity index (χ1v) is 8.11. The van der Waals surface area contributed by atoms with Gasteiger partial charge in [0.2, 0.25) is 0 Å². The number of carboxylic acid groups (broad SMARTS) is 1. The quantitative estimate of drug-likeness (QED) is 0.782. The van der Waals surface area contributed by atoms with Crippen molar-refractivity contribution in [2.45, 2.75) is 32.2 Å². The van der Waals surface area contributed by atoms with Gasteiger partial charge in [0.05, 0.1) is 5.56 Å². The summed E-state index contributed by atoms with van der Waals surface area (Å²) in [7, 11) is 0. The van der Waals surface area contributed by atoms with Crippen LogP contribution in [0.2, 0.25) is 0 Å². The van der Waals surface area contributed by atoms with E-state index in [0.717, 1.165) is 44.2 Å². The van der Waals surface area contributed by atoms with Crippen molar-refractivity contribution >= 4 is 11.8 Å². The molecule has 2 fully saturated rings. The standard InChI is InChI=1S/C16H24N4O2/c1-2-11-10-18-19-15(11)12-5-7-20(8-6-12)14-4-3-13(9-17-14)16(21)22/h3-4,9,11-12,15,18-19H,2,5-8,10H2,1H3,(H,21,22). The fourth-order valence-electron chi connectivity index (χ4n) is 3.64. The number of hydrazine groups is 1. The van der Waals surface area contributed by atoms with Crippen molar-refractivity contribution in [3.05, 3.63) is 23.9 Å². The molecule has 3 heterocycles. The Morgan fingerprint density at radius 1 is 1.41 bits per heavy atom. The lowest BCUT2D eigenvalue weighted by molar-refractivity contribution is 0.0696. The number of pyridine rings is 1. The molecule has 22 heavy (non-hydrogen) atoms. The summed E-state index contributed by atoms with van der Waals surface area (Å²) in [4.78, 5) is 17.4. The number of hydrogen-bond acceptors (Lipinski definition) is 5. The number of hydrogen-bond donors (Lipinski definition) is 3. The molecular formula is C16H24N4O2. The van der Waals surface area contributed by atoms with E-state index in [1.807, 2.05) is 6.07 Å². The molecule has 0 aromatic carbocycles. The second-order valence-electron chi connectivity index (χ2n) is 6.25. The van der Waals surface area contributed by atoms with E-state index in [4.69, 9.17) is 5.11 Å². The van der Waals surface area contributed by atoms with Gasteiger partial charge in [0.25, 0.3) is 0 Å². The maximum Gasteiger partial charge on any atom is 0.337 e. The normalized spacial score (nSPS) is 26.3.